The summed E-state index contributed by atoms with van der Waals surface area (Å²) < 4.78 is 13.5. The molecule has 0 aliphatic heterocycles. The predicted molar refractivity (Wildman–Crippen MR) is 66.4 cm³/mol. The number of nitrogens with two attached hydrogens (primary N) is 1. The summed E-state index contributed by atoms with van der Waals surface area (Å²) in [6.45, 7) is 4.30. The third kappa shape index (κ3) is 3.82. The van der Waals surface area contributed by atoms with Gasteiger partial charge in [-0.25, -0.2) is 4.39 Å². The lowest BCUT2D eigenvalue weighted by Gasteiger charge is -2.16. The number of benzene rings is 1. The molecule has 1 amide bonds. The zero-order valence-corrected chi connectivity index (χ0v) is 10.3. The summed E-state index contributed by atoms with van der Waals surface area (Å²) in [5.74, 6) is -0.859. The Labute approximate surface area is 101 Å². The molecule has 0 fully saturated rings. The van der Waals surface area contributed by atoms with E-state index < -0.39 is 5.82 Å². The first kappa shape index (κ1) is 13.6. The summed E-state index contributed by atoms with van der Waals surface area (Å²) in [7, 11) is 0. The van der Waals surface area contributed by atoms with Gasteiger partial charge in [-0.1, -0.05) is 18.6 Å². The van der Waals surface area contributed by atoms with Gasteiger partial charge in [-0.2, -0.15) is 0 Å². The van der Waals surface area contributed by atoms with Crippen molar-refractivity contribution in [1.82, 2.24) is 5.32 Å². The largest absolute Gasteiger partial charge is 0.349 e. The molecule has 0 spiro atoms. The number of aryl methyl sites for hydroxylation is 1. The number of halogens is 1. The second kappa shape index (κ2) is 6.35. The standard InChI is InChI=1S/C13H19FN2O/c1-3-10(6-7-15)16-13(17)11-8-9(2)4-5-12(11)14/h4-5,8,10H,3,6-7,15H2,1-2H3,(H,16,17). The van der Waals surface area contributed by atoms with Gasteiger partial charge in [0.25, 0.3) is 5.91 Å². The zero-order valence-electron chi connectivity index (χ0n) is 10.3. The Hall–Kier alpha value is -1.42. The quantitative estimate of drug-likeness (QED) is 0.824. The van der Waals surface area contributed by atoms with Crippen molar-refractivity contribution in [1.29, 1.82) is 0 Å². The fourth-order valence-electron chi connectivity index (χ4n) is 1.66. The number of carbonyl (C=O) groups excluding carboxylic acids is 1. The van der Waals surface area contributed by atoms with Crippen molar-refractivity contribution in [3.8, 4) is 0 Å². The van der Waals surface area contributed by atoms with Crippen molar-refractivity contribution in [3.63, 3.8) is 0 Å². The van der Waals surface area contributed by atoms with Gasteiger partial charge in [0.15, 0.2) is 0 Å². The minimum absolute atomic E-state index is 0.00686. The summed E-state index contributed by atoms with van der Waals surface area (Å²) in [5, 5.41) is 2.79. The maximum absolute atomic E-state index is 13.5. The second-order valence-corrected chi connectivity index (χ2v) is 4.14. The molecule has 1 aromatic rings. The summed E-state index contributed by atoms with van der Waals surface area (Å²) in [5.41, 5.74) is 6.41. The Morgan fingerprint density at radius 3 is 2.82 bits per heavy atom. The molecule has 17 heavy (non-hydrogen) atoms. The maximum atomic E-state index is 13.5. The highest BCUT2D eigenvalue weighted by Gasteiger charge is 2.15. The molecule has 0 radical (unpaired) electrons. The third-order valence-electron chi connectivity index (χ3n) is 2.71. The SMILES string of the molecule is CCC(CCN)NC(=O)c1cc(C)ccc1F. The molecule has 3 nitrogen and oxygen atoms in total. The van der Waals surface area contributed by atoms with Gasteiger partial charge in [0.2, 0.25) is 0 Å². The van der Waals surface area contributed by atoms with Crippen LogP contribution in [0.15, 0.2) is 18.2 Å². The molecule has 0 saturated heterocycles. The molecule has 0 aliphatic carbocycles. The molecule has 1 atom stereocenters. The number of hydrogen-bond donors (Lipinski definition) is 2. The smallest absolute Gasteiger partial charge is 0.254 e. The van der Waals surface area contributed by atoms with Gasteiger partial charge in [-0.05, 0) is 38.4 Å². The van der Waals surface area contributed by atoms with Crippen LogP contribution in [0.3, 0.4) is 0 Å². The topological polar surface area (TPSA) is 55.1 Å². The lowest BCUT2D eigenvalue weighted by atomic mass is 10.1. The van der Waals surface area contributed by atoms with Gasteiger partial charge in [0.05, 0.1) is 5.56 Å². The molecule has 0 saturated carbocycles. The Morgan fingerprint density at radius 1 is 1.53 bits per heavy atom. The number of rotatable bonds is 5. The molecular weight excluding hydrogens is 219 g/mol. The van der Waals surface area contributed by atoms with Crippen LogP contribution in [0, 0.1) is 12.7 Å². The van der Waals surface area contributed by atoms with Crippen LogP contribution in [0.5, 0.6) is 0 Å². The summed E-state index contributed by atoms with van der Waals surface area (Å²) in [6.07, 6.45) is 1.49. The number of amides is 1. The average molecular weight is 238 g/mol. The van der Waals surface area contributed by atoms with Crippen molar-refractivity contribution in [2.24, 2.45) is 5.73 Å². The van der Waals surface area contributed by atoms with E-state index in [1.165, 1.54) is 6.07 Å². The minimum Gasteiger partial charge on any atom is -0.349 e. The van der Waals surface area contributed by atoms with E-state index in [1.54, 1.807) is 12.1 Å². The van der Waals surface area contributed by atoms with Gasteiger partial charge in [0, 0.05) is 6.04 Å². The fourth-order valence-corrected chi connectivity index (χ4v) is 1.66. The first-order valence-electron chi connectivity index (χ1n) is 5.85. The molecule has 1 unspecified atom stereocenters. The Balaban J connectivity index is 2.78. The van der Waals surface area contributed by atoms with Crippen LogP contribution < -0.4 is 11.1 Å². The molecule has 0 aromatic heterocycles. The minimum atomic E-state index is -0.490. The summed E-state index contributed by atoms with van der Waals surface area (Å²) in [4.78, 5) is 11.9. The monoisotopic (exact) mass is 238 g/mol. The summed E-state index contributed by atoms with van der Waals surface area (Å²) >= 11 is 0. The first-order valence-corrected chi connectivity index (χ1v) is 5.85. The van der Waals surface area contributed by atoms with Crippen molar-refractivity contribution in [3.05, 3.63) is 35.1 Å². The molecule has 0 aliphatic rings. The van der Waals surface area contributed by atoms with Crippen LogP contribution in [-0.2, 0) is 0 Å². The van der Waals surface area contributed by atoms with Crippen molar-refractivity contribution in [2.75, 3.05) is 6.54 Å². The van der Waals surface area contributed by atoms with Gasteiger partial charge in [-0.15, -0.1) is 0 Å². The number of hydrogen-bond acceptors (Lipinski definition) is 2. The fraction of sp³-hybridized carbons (Fsp3) is 0.462. The van der Waals surface area contributed by atoms with Crippen LogP contribution >= 0.6 is 0 Å². The van der Waals surface area contributed by atoms with Crippen LogP contribution in [0.2, 0.25) is 0 Å². The molecule has 0 heterocycles. The van der Waals surface area contributed by atoms with Gasteiger partial charge in [0.1, 0.15) is 5.82 Å². The average Bonchev–Trinajstić information content (AvgIpc) is 2.31. The molecule has 3 N–H and O–H groups in total. The van der Waals surface area contributed by atoms with Crippen LogP contribution in [0.1, 0.15) is 35.7 Å². The second-order valence-electron chi connectivity index (χ2n) is 4.14. The van der Waals surface area contributed by atoms with Gasteiger partial charge < -0.3 is 11.1 Å². The highest BCUT2D eigenvalue weighted by molar-refractivity contribution is 5.94. The van der Waals surface area contributed by atoms with E-state index in [0.29, 0.717) is 13.0 Å². The third-order valence-corrected chi connectivity index (χ3v) is 2.71. The molecule has 0 bridgehead atoms. The summed E-state index contributed by atoms with van der Waals surface area (Å²) in [6, 6.07) is 4.52. The van der Waals surface area contributed by atoms with E-state index in [2.05, 4.69) is 5.32 Å². The molecular formula is C13H19FN2O. The Kier molecular flexibility index (Phi) is 5.10. The van der Waals surface area contributed by atoms with Crippen LogP contribution in [-0.4, -0.2) is 18.5 Å². The Bertz CT molecular complexity index is 393. The van der Waals surface area contributed by atoms with Gasteiger partial charge >= 0.3 is 0 Å². The number of nitrogens with one attached hydrogen (secondary N) is 1. The van der Waals surface area contributed by atoms with Gasteiger partial charge in [-0.3, -0.25) is 4.79 Å². The van der Waals surface area contributed by atoms with Crippen molar-refractivity contribution >= 4 is 5.91 Å². The molecule has 1 rings (SSSR count). The normalized spacial score (nSPS) is 12.2. The van der Waals surface area contributed by atoms with E-state index in [9.17, 15) is 9.18 Å². The lowest BCUT2D eigenvalue weighted by Crippen LogP contribution is -2.36. The number of carbonyl (C=O) groups is 1. The Morgan fingerprint density at radius 2 is 2.24 bits per heavy atom. The van der Waals surface area contributed by atoms with E-state index in [1.807, 2.05) is 13.8 Å². The highest BCUT2D eigenvalue weighted by Crippen LogP contribution is 2.10. The zero-order chi connectivity index (χ0) is 12.8. The molecule has 4 heteroatoms. The first-order chi connectivity index (χ1) is 8.08. The maximum Gasteiger partial charge on any atom is 0.254 e. The predicted octanol–water partition coefficient (Wildman–Crippen LogP) is 1.99. The van der Waals surface area contributed by atoms with E-state index in [4.69, 9.17) is 5.73 Å². The molecule has 94 valence electrons. The van der Waals surface area contributed by atoms with E-state index in [0.717, 1.165) is 12.0 Å². The van der Waals surface area contributed by atoms with Crippen LogP contribution in [0.4, 0.5) is 4.39 Å². The molecule has 1 aromatic carbocycles. The van der Waals surface area contributed by atoms with Crippen molar-refractivity contribution in [2.45, 2.75) is 32.7 Å². The lowest BCUT2D eigenvalue weighted by molar-refractivity contribution is 0.0930. The van der Waals surface area contributed by atoms with Crippen LogP contribution in [0.25, 0.3) is 0 Å². The van der Waals surface area contributed by atoms with E-state index in [-0.39, 0.29) is 17.5 Å². The van der Waals surface area contributed by atoms with E-state index >= 15 is 0 Å². The van der Waals surface area contributed by atoms with Crippen molar-refractivity contribution < 1.29 is 9.18 Å². The highest BCUT2D eigenvalue weighted by atomic mass is 19.1.